The van der Waals surface area contributed by atoms with Crippen molar-refractivity contribution in [3.8, 4) is 0 Å². The monoisotopic (exact) mass is 284 g/mol. The molecular formula is C10H9F5N2S. The molecule has 2 nitrogen and oxygen atoms in total. The smallest absolute Gasteiger partial charge is 0.260 e. The van der Waals surface area contributed by atoms with Gasteiger partial charge in [-0.2, -0.15) is 0 Å². The third-order valence-electron chi connectivity index (χ3n) is 2.29. The second kappa shape index (κ2) is 3.11. The average molecular weight is 284 g/mol. The van der Waals surface area contributed by atoms with Crippen molar-refractivity contribution in [2.24, 2.45) is 9.98 Å². The Hall–Kier alpha value is -1.44. The number of benzene rings is 1. The van der Waals surface area contributed by atoms with Gasteiger partial charge in [0.25, 0.3) is 0 Å². The van der Waals surface area contributed by atoms with Crippen LogP contribution in [0.15, 0.2) is 33.1 Å². The van der Waals surface area contributed by atoms with Gasteiger partial charge in [0.05, 0.1) is 6.54 Å². The molecule has 1 aromatic rings. The van der Waals surface area contributed by atoms with Crippen LogP contribution in [0.1, 0.15) is 11.1 Å². The van der Waals surface area contributed by atoms with Crippen molar-refractivity contribution in [3.05, 3.63) is 29.3 Å². The predicted molar refractivity (Wildman–Crippen MR) is 62.5 cm³/mol. The first-order chi connectivity index (χ1) is 7.95. The van der Waals surface area contributed by atoms with Crippen LogP contribution in [0.25, 0.3) is 0 Å². The Bertz CT molecular complexity index is 573. The van der Waals surface area contributed by atoms with E-state index in [-0.39, 0.29) is 23.5 Å². The number of halogens is 5. The summed E-state index contributed by atoms with van der Waals surface area (Å²) in [6, 6.07) is 2.18. The molecule has 1 aromatic carbocycles. The third-order valence-corrected chi connectivity index (χ3v) is 3.42. The molecule has 0 aromatic heterocycles. The van der Waals surface area contributed by atoms with E-state index < -0.39 is 15.1 Å². The number of hydrogen-bond acceptors (Lipinski definition) is 2. The highest BCUT2D eigenvalue weighted by Gasteiger charge is 2.65. The fourth-order valence-corrected chi connectivity index (χ4v) is 2.32. The predicted octanol–water partition coefficient (Wildman–Crippen LogP) is 4.48. The van der Waals surface area contributed by atoms with Gasteiger partial charge in [-0.1, -0.05) is 19.4 Å². The van der Waals surface area contributed by atoms with Crippen LogP contribution in [0.2, 0.25) is 0 Å². The molecule has 0 spiro atoms. The summed E-state index contributed by atoms with van der Waals surface area (Å²) in [5.41, 5.74) is 0.0348. The van der Waals surface area contributed by atoms with Crippen molar-refractivity contribution in [3.63, 3.8) is 0 Å². The molecule has 0 fully saturated rings. The zero-order chi connectivity index (χ0) is 13.7. The number of amidine groups is 1. The summed E-state index contributed by atoms with van der Waals surface area (Å²) in [6.07, 6.45) is 1.40. The number of hydrogen-bond donors (Lipinski definition) is 0. The Morgan fingerprint density at radius 1 is 1.06 bits per heavy atom. The summed E-state index contributed by atoms with van der Waals surface area (Å²) in [6.45, 7) is 1.56. The van der Waals surface area contributed by atoms with Crippen molar-refractivity contribution in [2.75, 3.05) is 6.54 Å². The fraction of sp³-hybridized carbons (Fsp3) is 0.200. The topological polar surface area (TPSA) is 24.7 Å². The highest BCUT2D eigenvalue weighted by atomic mass is 32.5. The standard InChI is InChI=1S/C10H9F5N2S/c1-7-4-8(10-16-2-3-17-10)6-9(5-7)18(11,12,13,14)15/h2,4-6H,3H2,1H3. The van der Waals surface area contributed by atoms with E-state index in [1.807, 2.05) is 0 Å². The summed E-state index contributed by atoms with van der Waals surface area (Å²) >= 11 is 0. The Morgan fingerprint density at radius 3 is 2.22 bits per heavy atom. The van der Waals surface area contributed by atoms with Crippen LogP contribution in [-0.2, 0) is 0 Å². The molecule has 2 rings (SSSR count). The normalized spacial score (nSPS) is 19.3. The van der Waals surface area contributed by atoms with Gasteiger partial charge in [0.1, 0.15) is 4.90 Å². The zero-order valence-electron chi connectivity index (χ0n) is 9.21. The first-order valence-electron chi connectivity index (χ1n) is 4.89. The summed E-state index contributed by atoms with van der Waals surface area (Å²) in [7, 11) is -9.66. The molecule has 0 saturated heterocycles. The Kier molecular flexibility index (Phi) is 2.25. The van der Waals surface area contributed by atoms with E-state index in [2.05, 4.69) is 9.98 Å². The minimum absolute atomic E-state index is 0.0433. The molecular weight excluding hydrogens is 275 g/mol. The van der Waals surface area contributed by atoms with Gasteiger partial charge in [0.15, 0.2) is 5.84 Å². The fourth-order valence-electron chi connectivity index (χ4n) is 1.56. The van der Waals surface area contributed by atoms with E-state index in [1.54, 1.807) is 0 Å². The first kappa shape index (κ1) is 13.0. The molecule has 0 unspecified atom stereocenters. The van der Waals surface area contributed by atoms with Gasteiger partial charge in [-0.3, -0.25) is 4.99 Å². The molecule has 0 amide bonds. The summed E-state index contributed by atoms with van der Waals surface area (Å²) in [4.78, 5) is 5.64. The van der Waals surface area contributed by atoms with Crippen molar-refractivity contribution in [1.29, 1.82) is 0 Å². The lowest BCUT2D eigenvalue weighted by Crippen LogP contribution is -2.08. The Labute approximate surface area is 100.0 Å². The largest absolute Gasteiger partial charge is 0.310 e. The lowest BCUT2D eigenvalue weighted by molar-refractivity contribution is 0.364. The van der Waals surface area contributed by atoms with E-state index >= 15 is 0 Å². The van der Waals surface area contributed by atoms with Crippen LogP contribution in [0.3, 0.4) is 0 Å². The van der Waals surface area contributed by atoms with Crippen LogP contribution in [0.5, 0.6) is 0 Å². The summed E-state index contributed by atoms with van der Waals surface area (Å²) < 4.78 is 63.6. The lowest BCUT2D eigenvalue weighted by Gasteiger charge is -2.40. The van der Waals surface area contributed by atoms with Crippen LogP contribution >= 0.6 is 10.2 Å². The number of rotatable bonds is 2. The minimum atomic E-state index is -9.66. The molecule has 0 N–H and O–H groups in total. The van der Waals surface area contributed by atoms with Gasteiger partial charge < -0.3 is 0 Å². The Balaban J connectivity index is 2.63. The van der Waals surface area contributed by atoms with E-state index in [0.717, 1.165) is 0 Å². The average Bonchev–Trinajstić information content (AvgIpc) is 2.65. The number of nitrogens with zero attached hydrogens (tertiary/aromatic N) is 2. The SMILES string of the molecule is Cc1cc(C2=NCC=N2)cc(S(F)(F)(F)(F)F)c1. The maximum atomic E-state index is 12.7. The van der Waals surface area contributed by atoms with Crippen molar-refractivity contribution >= 4 is 22.3 Å². The molecule has 0 atom stereocenters. The molecule has 0 aliphatic carbocycles. The van der Waals surface area contributed by atoms with E-state index in [9.17, 15) is 19.4 Å². The second-order valence-electron chi connectivity index (χ2n) is 3.98. The van der Waals surface area contributed by atoms with Crippen LogP contribution in [-0.4, -0.2) is 18.6 Å². The number of aliphatic imine (C=N–C) groups is 2. The van der Waals surface area contributed by atoms with Gasteiger partial charge in [-0.05, 0) is 30.7 Å². The maximum absolute atomic E-state index is 12.7. The molecule has 0 saturated carbocycles. The molecule has 0 bridgehead atoms. The van der Waals surface area contributed by atoms with E-state index in [0.29, 0.717) is 12.1 Å². The molecule has 100 valence electrons. The van der Waals surface area contributed by atoms with Crippen LogP contribution in [0.4, 0.5) is 19.4 Å². The molecule has 0 radical (unpaired) electrons. The van der Waals surface area contributed by atoms with Crippen LogP contribution in [0, 0.1) is 6.92 Å². The maximum Gasteiger partial charge on any atom is 0.310 e. The summed E-state index contributed by atoms with van der Waals surface area (Å²) in [5.74, 6) is 0.0433. The van der Waals surface area contributed by atoms with Gasteiger partial charge in [-0.15, -0.1) is 0 Å². The van der Waals surface area contributed by atoms with Crippen LogP contribution < -0.4 is 0 Å². The highest BCUT2D eigenvalue weighted by molar-refractivity contribution is 8.45. The minimum Gasteiger partial charge on any atom is -0.260 e. The van der Waals surface area contributed by atoms with Gasteiger partial charge in [-0.25, -0.2) is 4.99 Å². The van der Waals surface area contributed by atoms with Gasteiger partial charge in [0.2, 0.25) is 0 Å². The molecule has 1 aliphatic rings. The molecule has 1 heterocycles. The zero-order valence-corrected chi connectivity index (χ0v) is 10.0. The molecule has 18 heavy (non-hydrogen) atoms. The van der Waals surface area contributed by atoms with Gasteiger partial charge >= 0.3 is 10.2 Å². The van der Waals surface area contributed by atoms with Crippen molar-refractivity contribution in [2.45, 2.75) is 11.8 Å². The second-order valence-corrected chi connectivity index (χ2v) is 6.39. The quantitative estimate of drug-likeness (QED) is 0.715. The van der Waals surface area contributed by atoms with Crippen molar-refractivity contribution in [1.82, 2.24) is 0 Å². The van der Waals surface area contributed by atoms with E-state index in [4.69, 9.17) is 0 Å². The molecule has 8 heteroatoms. The molecule has 1 aliphatic heterocycles. The first-order valence-corrected chi connectivity index (χ1v) is 6.84. The van der Waals surface area contributed by atoms with Crippen molar-refractivity contribution < 1.29 is 19.4 Å². The van der Waals surface area contributed by atoms with Gasteiger partial charge in [0, 0.05) is 11.8 Å². The highest BCUT2D eigenvalue weighted by Crippen LogP contribution is 3.02. The Morgan fingerprint density at radius 2 is 1.72 bits per heavy atom. The summed E-state index contributed by atoms with van der Waals surface area (Å²) in [5, 5.41) is 0. The third kappa shape index (κ3) is 2.69. The van der Waals surface area contributed by atoms with E-state index in [1.165, 1.54) is 19.2 Å². The lowest BCUT2D eigenvalue weighted by atomic mass is 10.1. The number of aryl methyl sites for hydroxylation is 1.